The molecule has 90 valence electrons. The van der Waals surface area contributed by atoms with E-state index in [4.69, 9.17) is 23.2 Å². The average molecular weight is 417 g/mol. The van der Waals surface area contributed by atoms with Gasteiger partial charge in [-0.3, -0.25) is 0 Å². The Morgan fingerprint density at radius 2 is 1.94 bits per heavy atom. The number of hydrogen-bond acceptors (Lipinski definition) is 2. The summed E-state index contributed by atoms with van der Waals surface area (Å²) < 4.78 is 1.57. The fraction of sp³-hybridized carbons (Fsp3) is 0.0909. The summed E-state index contributed by atoms with van der Waals surface area (Å²) in [7, 11) is 0. The van der Waals surface area contributed by atoms with Crippen molar-refractivity contribution in [3.63, 3.8) is 0 Å². The Labute approximate surface area is 130 Å². The standard InChI is InChI=1S/C11H6Br2Cl2OS/c12-6-3-1-2-5(9(6)15)10(16)8-4-7(14)11(13)17-8/h1-4,10,16H. The predicted molar refractivity (Wildman–Crippen MR) is 80.2 cm³/mol. The van der Waals surface area contributed by atoms with Crippen molar-refractivity contribution in [3.8, 4) is 0 Å². The monoisotopic (exact) mass is 414 g/mol. The first-order valence-electron chi connectivity index (χ1n) is 4.57. The first kappa shape index (κ1) is 13.8. The second-order valence-corrected chi connectivity index (χ2v) is 7.36. The molecule has 1 unspecified atom stereocenters. The third-order valence-corrected chi connectivity index (χ3v) is 6.05. The van der Waals surface area contributed by atoms with Gasteiger partial charge in [-0.15, -0.1) is 11.3 Å². The highest BCUT2D eigenvalue weighted by Crippen LogP contribution is 2.40. The summed E-state index contributed by atoms with van der Waals surface area (Å²) in [5.41, 5.74) is 0.659. The molecule has 0 bridgehead atoms. The Morgan fingerprint density at radius 1 is 1.24 bits per heavy atom. The minimum absolute atomic E-state index is 0.514. The average Bonchev–Trinajstić information content (AvgIpc) is 2.62. The van der Waals surface area contributed by atoms with Gasteiger partial charge in [-0.25, -0.2) is 0 Å². The molecule has 0 fully saturated rings. The van der Waals surface area contributed by atoms with Crippen molar-refractivity contribution in [2.75, 3.05) is 0 Å². The van der Waals surface area contributed by atoms with Gasteiger partial charge in [0.1, 0.15) is 6.10 Å². The minimum Gasteiger partial charge on any atom is -0.383 e. The van der Waals surface area contributed by atoms with Crippen molar-refractivity contribution in [1.82, 2.24) is 0 Å². The fourth-order valence-corrected chi connectivity index (χ4v) is 3.75. The normalized spacial score (nSPS) is 12.8. The number of aliphatic hydroxyl groups is 1. The Kier molecular flexibility index (Phi) is 4.55. The second kappa shape index (κ2) is 5.59. The van der Waals surface area contributed by atoms with Gasteiger partial charge in [0.15, 0.2) is 0 Å². The van der Waals surface area contributed by atoms with Crippen molar-refractivity contribution in [2.24, 2.45) is 0 Å². The van der Waals surface area contributed by atoms with E-state index in [0.29, 0.717) is 15.6 Å². The number of benzene rings is 1. The van der Waals surface area contributed by atoms with E-state index in [-0.39, 0.29) is 0 Å². The van der Waals surface area contributed by atoms with Gasteiger partial charge in [-0.05, 0) is 44.0 Å². The van der Waals surface area contributed by atoms with E-state index in [0.717, 1.165) is 13.1 Å². The molecule has 0 saturated heterocycles. The van der Waals surface area contributed by atoms with Crippen molar-refractivity contribution < 1.29 is 5.11 Å². The zero-order valence-electron chi connectivity index (χ0n) is 8.25. The van der Waals surface area contributed by atoms with Gasteiger partial charge in [-0.2, -0.15) is 0 Å². The molecule has 1 heterocycles. The third-order valence-electron chi connectivity index (χ3n) is 2.21. The minimum atomic E-state index is -0.770. The molecule has 0 aliphatic carbocycles. The summed E-state index contributed by atoms with van der Waals surface area (Å²) in [6.45, 7) is 0. The molecule has 0 aliphatic rings. The molecular formula is C11H6Br2Cl2OS. The maximum Gasteiger partial charge on any atom is 0.115 e. The lowest BCUT2D eigenvalue weighted by atomic mass is 10.1. The number of aliphatic hydroxyl groups excluding tert-OH is 1. The van der Waals surface area contributed by atoms with Crippen LogP contribution in [0.15, 0.2) is 32.5 Å². The molecule has 1 nitrogen and oxygen atoms in total. The van der Waals surface area contributed by atoms with Crippen LogP contribution in [0.3, 0.4) is 0 Å². The van der Waals surface area contributed by atoms with Crippen molar-refractivity contribution in [1.29, 1.82) is 0 Å². The highest BCUT2D eigenvalue weighted by atomic mass is 79.9. The highest BCUT2D eigenvalue weighted by molar-refractivity contribution is 9.11. The van der Waals surface area contributed by atoms with E-state index in [1.165, 1.54) is 11.3 Å². The van der Waals surface area contributed by atoms with Crippen LogP contribution in [0.1, 0.15) is 16.5 Å². The first-order valence-corrected chi connectivity index (χ1v) is 7.73. The number of rotatable bonds is 2. The van der Waals surface area contributed by atoms with Gasteiger partial charge >= 0.3 is 0 Å². The van der Waals surface area contributed by atoms with Crippen LogP contribution in [0.5, 0.6) is 0 Å². The molecule has 17 heavy (non-hydrogen) atoms. The van der Waals surface area contributed by atoms with E-state index in [9.17, 15) is 5.11 Å². The van der Waals surface area contributed by atoms with Crippen LogP contribution in [-0.4, -0.2) is 5.11 Å². The molecule has 1 aromatic heterocycles. The molecule has 0 saturated carbocycles. The van der Waals surface area contributed by atoms with Crippen molar-refractivity contribution in [3.05, 3.63) is 53.0 Å². The highest BCUT2D eigenvalue weighted by Gasteiger charge is 2.18. The van der Waals surface area contributed by atoms with E-state index in [1.54, 1.807) is 12.1 Å². The molecule has 2 aromatic rings. The molecule has 0 aliphatic heterocycles. The summed E-state index contributed by atoms with van der Waals surface area (Å²) >= 11 is 20.1. The summed E-state index contributed by atoms with van der Waals surface area (Å²) in [4.78, 5) is 0.752. The quantitative estimate of drug-likeness (QED) is 0.669. The van der Waals surface area contributed by atoms with E-state index in [1.807, 2.05) is 12.1 Å². The summed E-state index contributed by atoms with van der Waals surface area (Å²) in [5.74, 6) is 0. The van der Waals surface area contributed by atoms with E-state index < -0.39 is 6.10 Å². The molecule has 1 atom stereocenters. The number of halogens is 4. The lowest BCUT2D eigenvalue weighted by Crippen LogP contribution is -1.98. The number of thiophene rings is 1. The van der Waals surface area contributed by atoms with Gasteiger partial charge in [0.05, 0.1) is 13.8 Å². The Balaban J connectivity index is 2.43. The lowest BCUT2D eigenvalue weighted by molar-refractivity contribution is 0.224. The summed E-state index contributed by atoms with van der Waals surface area (Å²) in [6, 6.07) is 7.19. The maximum absolute atomic E-state index is 10.3. The van der Waals surface area contributed by atoms with E-state index >= 15 is 0 Å². The maximum atomic E-state index is 10.3. The summed E-state index contributed by atoms with van der Waals surface area (Å²) in [6.07, 6.45) is -0.770. The van der Waals surface area contributed by atoms with Crippen LogP contribution in [0, 0.1) is 0 Å². The molecule has 0 radical (unpaired) electrons. The van der Waals surface area contributed by atoms with Gasteiger partial charge < -0.3 is 5.11 Å². The lowest BCUT2D eigenvalue weighted by Gasteiger charge is -2.11. The largest absolute Gasteiger partial charge is 0.383 e. The molecule has 1 aromatic carbocycles. The third kappa shape index (κ3) is 2.88. The SMILES string of the molecule is OC(c1cc(Cl)c(Br)s1)c1cccc(Br)c1Cl. The molecular weight excluding hydrogens is 411 g/mol. The van der Waals surface area contributed by atoms with Crippen LogP contribution in [0.25, 0.3) is 0 Å². The van der Waals surface area contributed by atoms with Crippen LogP contribution in [0.2, 0.25) is 10.0 Å². The summed E-state index contributed by atoms with van der Waals surface area (Å²) in [5, 5.41) is 11.4. The van der Waals surface area contributed by atoms with Crippen molar-refractivity contribution >= 4 is 66.4 Å². The Hall–Kier alpha value is 0.420. The molecule has 6 heteroatoms. The van der Waals surface area contributed by atoms with Gasteiger partial charge in [0.2, 0.25) is 0 Å². The molecule has 1 N–H and O–H groups in total. The van der Waals surface area contributed by atoms with E-state index in [2.05, 4.69) is 31.9 Å². The smallest absolute Gasteiger partial charge is 0.115 e. The molecule has 0 spiro atoms. The van der Waals surface area contributed by atoms with Crippen LogP contribution in [0.4, 0.5) is 0 Å². The zero-order valence-corrected chi connectivity index (χ0v) is 13.8. The van der Waals surface area contributed by atoms with Crippen LogP contribution < -0.4 is 0 Å². The number of hydrogen-bond donors (Lipinski definition) is 1. The fourth-order valence-electron chi connectivity index (χ4n) is 1.38. The van der Waals surface area contributed by atoms with Crippen LogP contribution in [-0.2, 0) is 0 Å². The van der Waals surface area contributed by atoms with Gasteiger partial charge in [0.25, 0.3) is 0 Å². The molecule has 2 rings (SSSR count). The Bertz CT molecular complexity index is 537. The Morgan fingerprint density at radius 3 is 2.53 bits per heavy atom. The predicted octanol–water partition coefficient (Wildman–Crippen LogP) is 5.66. The molecule has 0 amide bonds. The first-order chi connectivity index (χ1) is 8.00. The van der Waals surface area contributed by atoms with Crippen LogP contribution >= 0.6 is 66.4 Å². The van der Waals surface area contributed by atoms with Gasteiger partial charge in [-0.1, -0.05) is 35.3 Å². The van der Waals surface area contributed by atoms with Gasteiger partial charge in [0, 0.05) is 14.9 Å². The topological polar surface area (TPSA) is 20.2 Å². The van der Waals surface area contributed by atoms with Crippen molar-refractivity contribution in [2.45, 2.75) is 6.10 Å². The second-order valence-electron chi connectivity index (χ2n) is 3.32. The zero-order chi connectivity index (χ0) is 12.6.